The van der Waals surface area contributed by atoms with E-state index >= 15 is 0 Å². The van der Waals surface area contributed by atoms with Gasteiger partial charge in [-0.2, -0.15) is 0 Å². The summed E-state index contributed by atoms with van der Waals surface area (Å²) in [6, 6.07) is 8.21. The van der Waals surface area contributed by atoms with Gasteiger partial charge in [0.25, 0.3) is 0 Å². The molecule has 0 fully saturated rings. The van der Waals surface area contributed by atoms with Gasteiger partial charge in [-0.1, -0.05) is 44.0 Å². The Balaban J connectivity index is 2.53. The molecule has 0 amide bonds. The van der Waals surface area contributed by atoms with Crippen molar-refractivity contribution in [1.82, 2.24) is 0 Å². The summed E-state index contributed by atoms with van der Waals surface area (Å²) in [7, 11) is 1.42. The van der Waals surface area contributed by atoms with Crippen LogP contribution in [0.4, 0.5) is 0 Å². The number of carbonyl (C=O) groups excluding carboxylic acids is 1. The van der Waals surface area contributed by atoms with Crippen LogP contribution in [0.5, 0.6) is 0 Å². The number of hydrogen-bond donors (Lipinski definition) is 0. The first kappa shape index (κ1) is 12.8. The molecule has 0 heterocycles. The Morgan fingerprint density at radius 2 is 2.00 bits per heavy atom. The van der Waals surface area contributed by atoms with Gasteiger partial charge in [-0.3, -0.25) is 4.79 Å². The van der Waals surface area contributed by atoms with Crippen LogP contribution in [0.1, 0.15) is 37.3 Å². The van der Waals surface area contributed by atoms with Crippen molar-refractivity contribution in [3.8, 4) is 0 Å². The first-order valence-corrected chi connectivity index (χ1v) is 5.91. The van der Waals surface area contributed by atoms with E-state index in [4.69, 9.17) is 0 Å². The Morgan fingerprint density at radius 3 is 2.69 bits per heavy atom. The maximum atomic E-state index is 11.1. The summed E-state index contributed by atoms with van der Waals surface area (Å²) in [5.74, 6) is -0.175. The van der Waals surface area contributed by atoms with E-state index in [0.29, 0.717) is 6.42 Å². The van der Waals surface area contributed by atoms with Gasteiger partial charge in [-0.15, -0.1) is 0 Å². The van der Waals surface area contributed by atoms with Crippen molar-refractivity contribution in [1.29, 1.82) is 0 Å². The van der Waals surface area contributed by atoms with Gasteiger partial charge in [0, 0.05) is 0 Å². The first-order valence-electron chi connectivity index (χ1n) is 5.91. The fourth-order valence-corrected chi connectivity index (χ4v) is 1.71. The molecule has 1 aromatic carbocycles. The molecule has 0 aliphatic carbocycles. The number of aryl methyl sites for hydroxylation is 1. The third-order valence-electron chi connectivity index (χ3n) is 2.64. The zero-order valence-electron chi connectivity index (χ0n) is 10.2. The van der Waals surface area contributed by atoms with E-state index in [1.165, 1.54) is 31.9 Å². The molecular formula is C14H20O2. The van der Waals surface area contributed by atoms with E-state index in [1.807, 2.05) is 12.1 Å². The second-order valence-electron chi connectivity index (χ2n) is 4.03. The summed E-state index contributed by atoms with van der Waals surface area (Å²) in [6.45, 7) is 2.20. The number of esters is 1. The molecule has 1 rings (SSSR count). The van der Waals surface area contributed by atoms with Crippen LogP contribution < -0.4 is 0 Å². The smallest absolute Gasteiger partial charge is 0.309 e. The molecule has 88 valence electrons. The molecule has 0 aromatic heterocycles. The molecule has 0 radical (unpaired) electrons. The lowest BCUT2D eigenvalue weighted by molar-refractivity contribution is -0.139. The fraction of sp³-hybridized carbons (Fsp3) is 0.500. The normalized spacial score (nSPS) is 10.1. The van der Waals surface area contributed by atoms with Gasteiger partial charge >= 0.3 is 5.97 Å². The van der Waals surface area contributed by atoms with Crippen molar-refractivity contribution in [3.63, 3.8) is 0 Å². The highest BCUT2D eigenvalue weighted by Crippen LogP contribution is 2.10. The van der Waals surface area contributed by atoms with E-state index in [9.17, 15) is 4.79 Å². The molecule has 2 heteroatoms. The van der Waals surface area contributed by atoms with Gasteiger partial charge in [0.2, 0.25) is 0 Å². The molecular weight excluding hydrogens is 200 g/mol. The molecule has 1 aromatic rings. The molecule has 0 spiro atoms. The second kappa shape index (κ2) is 7.04. The fourth-order valence-electron chi connectivity index (χ4n) is 1.71. The molecule has 0 N–H and O–H groups in total. The largest absolute Gasteiger partial charge is 0.469 e. The Bertz CT molecular complexity index is 331. The maximum Gasteiger partial charge on any atom is 0.309 e. The van der Waals surface area contributed by atoms with Crippen LogP contribution in [0, 0.1) is 0 Å². The summed E-state index contributed by atoms with van der Waals surface area (Å²) in [5.41, 5.74) is 2.36. The molecule has 0 aliphatic heterocycles. The van der Waals surface area contributed by atoms with Crippen molar-refractivity contribution in [2.24, 2.45) is 0 Å². The summed E-state index contributed by atoms with van der Waals surface area (Å²) in [6.07, 6.45) is 5.20. The van der Waals surface area contributed by atoms with Gasteiger partial charge in [0.1, 0.15) is 0 Å². The molecule has 0 aliphatic rings. The highest BCUT2D eigenvalue weighted by molar-refractivity contribution is 5.72. The average Bonchev–Trinajstić information content (AvgIpc) is 2.30. The number of unbranched alkanes of at least 4 members (excludes halogenated alkanes) is 2. The van der Waals surface area contributed by atoms with Gasteiger partial charge in [0.05, 0.1) is 13.5 Å². The van der Waals surface area contributed by atoms with Gasteiger partial charge < -0.3 is 4.74 Å². The lowest BCUT2D eigenvalue weighted by Gasteiger charge is -2.04. The Hall–Kier alpha value is -1.31. The summed E-state index contributed by atoms with van der Waals surface area (Å²) in [4.78, 5) is 11.1. The van der Waals surface area contributed by atoms with Crippen LogP contribution in [0.2, 0.25) is 0 Å². The number of carbonyl (C=O) groups is 1. The molecule has 0 atom stereocenters. The third-order valence-corrected chi connectivity index (χ3v) is 2.64. The predicted molar refractivity (Wildman–Crippen MR) is 65.4 cm³/mol. The molecule has 16 heavy (non-hydrogen) atoms. The summed E-state index contributed by atoms with van der Waals surface area (Å²) in [5, 5.41) is 0. The average molecular weight is 220 g/mol. The number of hydrogen-bond acceptors (Lipinski definition) is 2. The number of benzene rings is 1. The monoisotopic (exact) mass is 220 g/mol. The number of methoxy groups -OCH3 is 1. The van der Waals surface area contributed by atoms with E-state index in [-0.39, 0.29) is 5.97 Å². The molecule has 2 nitrogen and oxygen atoms in total. The standard InChI is InChI=1S/C14H20O2/c1-3-4-5-7-12-8-6-9-13(10-12)11-14(15)16-2/h6,8-10H,3-5,7,11H2,1-2H3. The Labute approximate surface area is 97.6 Å². The van der Waals surface area contributed by atoms with Crippen molar-refractivity contribution in [3.05, 3.63) is 35.4 Å². The van der Waals surface area contributed by atoms with E-state index in [1.54, 1.807) is 0 Å². The second-order valence-corrected chi connectivity index (χ2v) is 4.03. The minimum Gasteiger partial charge on any atom is -0.469 e. The molecule has 0 saturated carbocycles. The topological polar surface area (TPSA) is 26.3 Å². The SMILES string of the molecule is CCCCCc1cccc(CC(=O)OC)c1. The summed E-state index contributed by atoms with van der Waals surface area (Å²) >= 11 is 0. The summed E-state index contributed by atoms with van der Waals surface area (Å²) < 4.78 is 4.65. The zero-order valence-corrected chi connectivity index (χ0v) is 10.2. The van der Waals surface area contributed by atoms with Gasteiger partial charge in [-0.05, 0) is 24.0 Å². The van der Waals surface area contributed by atoms with Crippen LogP contribution in [-0.2, 0) is 22.4 Å². The van der Waals surface area contributed by atoms with Crippen molar-refractivity contribution < 1.29 is 9.53 Å². The first-order chi connectivity index (χ1) is 7.76. The van der Waals surface area contributed by atoms with Gasteiger partial charge in [-0.25, -0.2) is 0 Å². The zero-order chi connectivity index (χ0) is 11.8. The lowest BCUT2D eigenvalue weighted by Crippen LogP contribution is -2.04. The van der Waals surface area contributed by atoms with Crippen LogP contribution in [0.3, 0.4) is 0 Å². The maximum absolute atomic E-state index is 11.1. The lowest BCUT2D eigenvalue weighted by atomic mass is 10.0. The van der Waals surface area contributed by atoms with E-state index in [0.717, 1.165) is 12.0 Å². The number of ether oxygens (including phenoxy) is 1. The third kappa shape index (κ3) is 4.47. The predicted octanol–water partition coefficient (Wildman–Crippen LogP) is 3.13. The van der Waals surface area contributed by atoms with Crippen molar-refractivity contribution in [2.75, 3.05) is 7.11 Å². The molecule has 0 saturated heterocycles. The number of rotatable bonds is 6. The van der Waals surface area contributed by atoms with Crippen LogP contribution in [0.15, 0.2) is 24.3 Å². The highest BCUT2D eigenvalue weighted by Gasteiger charge is 2.03. The molecule has 0 unspecified atom stereocenters. The van der Waals surface area contributed by atoms with Crippen LogP contribution in [0.25, 0.3) is 0 Å². The van der Waals surface area contributed by atoms with Crippen LogP contribution >= 0.6 is 0 Å². The van der Waals surface area contributed by atoms with E-state index in [2.05, 4.69) is 23.8 Å². The van der Waals surface area contributed by atoms with E-state index < -0.39 is 0 Å². The Morgan fingerprint density at radius 1 is 1.25 bits per heavy atom. The van der Waals surface area contributed by atoms with Crippen molar-refractivity contribution in [2.45, 2.75) is 39.0 Å². The molecule has 0 bridgehead atoms. The minimum atomic E-state index is -0.175. The quantitative estimate of drug-likeness (QED) is 0.544. The minimum absolute atomic E-state index is 0.175. The highest BCUT2D eigenvalue weighted by atomic mass is 16.5. The van der Waals surface area contributed by atoms with Gasteiger partial charge in [0.15, 0.2) is 0 Å². The van der Waals surface area contributed by atoms with Crippen LogP contribution in [-0.4, -0.2) is 13.1 Å². The Kier molecular flexibility index (Phi) is 5.62. The van der Waals surface area contributed by atoms with Crippen molar-refractivity contribution >= 4 is 5.97 Å².